The first kappa shape index (κ1) is 16.1. The van der Waals surface area contributed by atoms with Gasteiger partial charge >= 0.3 is 0 Å². The molecule has 0 aliphatic carbocycles. The molecule has 126 valence electrons. The summed E-state index contributed by atoms with van der Waals surface area (Å²) >= 11 is 0. The van der Waals surface area contributed by atoms with Crippen LogP contribution in [-0.4, -0.2) is 56.9 Å². The first-order valence-electron chi connectivity index (χ1n) is 8.04. The van der Waals surface area contributed by atoms with Crippen molar-refractivity contribution in [3.05, 3.63) is 23.8 Å². The van der Waals surface area contributed by atoms with E-state index < -0.39 is 5.54 Å². The predicted molar refractivity (Wildman–Crippen MR) is 85.7 cm³/mol. The number of amides is 1. The van der Waals surface area contributed by atoms with Gasteiger partial charge in [-0.2, -0.15) is 0 Å². The topological polar surface area (TPSA) is 60.0 Å². The molecule has 0 spiro atoms. The number of hydrogen-bond donors (Lipinski definition) is 1. The molecular weight excluding hydrogens is 296 g/mol. The Morgan fingerprint density at radius 2 is 2.13 bits per heavy atom. The van der Waals surface area contributed by atoms with Gasteiger partial charge in [-0.05, 0) is 37.1 Å². The molecule has 0 radical (unpaired) electrons. The number of nitrogens with one attached hydrogen (secondary N) is 1. The van der Waals surface area contributed by atoms with Crippen molar-refractivity contribution < 1.29 is 19.0 Å². The zero-order valence-corrected chi connectivity index (χ0v) is 13.8. The zero-order chi connectivity index (χ0) is 16.3. The Morgan fingerprint density at radius 3 is 2.87 bits per heavy atom. The van der Waals surface area contributed by atoms with Gasteiger partial charge in [-0.15, -0.1) is 0 Å². The van der Waals surface area contributed by atoms with E-state index in [4.69, 9.17) is 14.2 Å². The highest BCUT2D eigenvalue weighted by Gasteiger charge is 2.47. The summed E-state index contributed by atoms with van der Waals surface area (Å²) in [5.74, 6) is 1.59. The van der Waals surface area contributed by atoms with Crippen LogP contribution in [0.25, 0.3) is 0 Å². The van der Waals surface area contributed by atoms with Gasteiger partial charge in [-0.25, -0.2) is 0 Å². The van der Waals surface area contributed by atoms with Crippen LogP contribution in [0.5, 0.6) is 11.5 Å². The quantitative estimate of drug-likeness (QED) is 0.883. The van der Waals surface area contributed by atoms with Crippen LogP contribution in [0.3, 0.4) is 0 Å². The van der Waals surface area contributed by atoms with Gasteiger partial charge in [0.15, 0.2) is 11.5 Å². The van der Waals surface area contributed by atoms with Crippen molar-refractivity contribution in [3.63, 3.8) is 0 Å². The van der Waals surface area contributed by atoms with Crippen LogP contribution in [0, 0.1) is 0 Å². The fraction of sp³-hybridized carbons (Fsp3) is 0.588. The standard InChI is InChI=1S/C17H24N2O4/c1-18-16(20)17(12-21-2)6-3-7-19(17)11-13-4-5-14-15(10-13)23-9-8-22-14/h4-5,10H,3,6-9,11-12H2,1-2H3,(H,18,20). The van der Waals surface area contributed by atoms with E-state index in [0.717, 1.165) is 36.4 Å². The van der Waals surface area contributed by atoms with Crippen molar-refractivity contribution in [1.82, 2.24) is 10.2 Å². The summed E-state index contributed by atoms with van der Waals surface area (Å²) in [7, 11) is 3.32. The molecule has 0 aromatic heterocycles. The minimum Gasteiger partial charge on any atom is -0.486 e. The third-order valence-corrected chi connectivity index (χ3v) is 4.64. The largest absolute Gasteiger partial charge is 0.486 e. The Balaban J connectivity index is 1.81. The molecule has 1 atom stereocenters. The first-order valence-corrected chi connectivity index (χ1v) is 8.04. The lowest BCUT2D eigenvalue weighted by Gasteiger charge is -2.36. The average molecular weight is 320 g/mol. The summed E-state index contributed by atoms with van der Waals surface area (Å²) in [5.41, 5.74) is 0.525. The fourth-order valence-corrected chi connectivity index (χ4v) is 3.53. The van der Waals surface area contributed by atoms with Crippen LogP contribution in [0.4, 0.5) is 0 Å². The van der Waals surface area contributed by atoms with Crippen molar-refractivity contribution >= 4 is 5.91 Å². The van der Waals surface area contributed by atoms with Crippen molar-refractivity contribution in [2.45, 2.75) is 24.9 Å². The van der Waals surface area contributed by atoms with Gasteiger partial charge in [0.1, 0.15) is 18.8 Å². The molecule has 1 aromatic carbocycles. The SMILES string of the molecule is CNC(=O)C1(COC)CCCN1Cc1ccc2c(c1)OCCO2. The molecule has 0 bridgehead atoms. The van der Waals surface area contributed by atoms with Crippen molar-refractivity contribution in [2.24, 2.45) is 0 Å². The smallest absolute Gasteiger partial charge is 0.242 e. The van der Waals surface area contributed by atoms with E-state index in [9.17, 15) is 4.79 Å². The van der Waals surface area contributed by atoms with Crippen LogP contribution < -0.4 is 14.8 Å². The summed E-state index contributed by atoms with van der Waals surface area (Å²) < 4.78 is 16.6. The van der Waals surface area contributed by atoms with Crippen LogP contribution in [-0.2, 0) is 16.1 Å². The lowest BCUT2D eigenvalue weighted by Crippen LogP contribution is -2.57. The van der Waals surface area contributed by atoms with E-state index in [1.165, 1.54) is 0 Å². The number of fused-ring (bicyclic) bond motifs is 1. The normalized spacial score (nSPS) is 23.7. The summed E-state index contributed by atoms with van der Waals surface area (Å²) in [6, 6.07) is 5.99. The first-order chi connectivity index (χ1) is 11.2. The number of ether oxygens (including phenoxy) is 3. The number of benzene rings is 1. The lowest BCUT2D eigenvalue weighted by molar-refractivity contribution is -0.135. The highest BCUT2D eigenvalue weighted by Crippen LogP contribution is 2.35. The maximum absolute atomic E-state index is 12.5. The average Bonchev–Trinajstić information content (AvgIpc) is 2.98. The highest BCUT2D eigenvalue weighted by atomic mass is 16.6. The minimum absolute atomic E-state index is 0.0226. The molecule has 1 unspecified atom stereocenters. The maximum atomic E-state index is 12.5. The molecule has 6 nitrogen and oxygen atoms in total. The van der Waals surface area contributed by atoms with Crippen molar-refractivity contribution in [2.75, 3.05) is 40.5 Å². The Kier molecular flexibility index (Phi) is 4.73. The van der Waals surface area contributed by atoms with Crippen molar-refractivity contribution in [3.8, 4) is 11.5 Å². The third kappa shape index (κ3) is 3.01. The molecule has 1 fully saturated rings. The van der Waals surface area contributed by atoms with Gasteiger partial charge in [0.25, 0.3) is 0 Å². The minimum atomic E-state index is -0.587. The van der Waals surface area contributed by atoms with Crippen LogP contribution in [0.2, 0.25) is 0 Å². The monoisotopic (exact) mass is 320 g/mol. The Bertz CT molecular complexity index is 578. The van der Waals surface area contributed by atoms with Gasteiger partial charge in [-0.3, -0.25) is 9.69 Å². The number of rotatable bonds is 5. The van der Waals surface area contributed by atoms with Gasteiger partial charge in [0.05, 0.1) is 6.61 Å². The molecule has 2 heterocycles. The summed E-state index contributed by atoms with van der Waals surface area (Å²) in [4.78, 5) is 14.7. The second-order valence-electron chi connectivity index (χ2n) is 6.05. The fourth-order valence-electron chi connectivity index (χ4n) is 3.53. The number of hydrogen-bond acceptors (Lipinski definition) is 5. The van der Waals surface area contributed by atoms with Gasteiger partial charge in [-0.1, -0.05) is 6.07 Å². The third-order valence-electron chi connectivity index (χ3n) is 4.64. The molecule has 1 aromatic rings. The van der Waals surface area contributed by atoms with E-state index in [-0.39, 0.29) is 5.91 Å². The van der Waals surface area contributed by atoms with Gasteiger partial charge < -0.3 is 19.5 Å². The highest BCUT2D eigenvalue weighted by molar-refractivity contribution is 5.86. The van der Waals surface area contributed by atoms with E-state index in [1.807, 2.05) is 18.2 Å². The van der Waals surface area contributed by atoms with Gasteiger partial charge in [0.2, 0.25) is 5.91 Å². The maximum Gasteiger partial charge on any atom is 0.242 e. The lowest BCUT2D eigenvalue weighted by atomic mass is 9.95. The van der Waals surface area contributed by atoms with Crippen LogP contribution >= 0.6 is 0 Å². The number of nitrogens with zero attached hydrogens (tertiary/aromatic N) is 1. The Hall–Kier alpha value is -1.79. The second kappa shape index (κ2) is 6.76. The molecular formula is C17H24N2O4. The molecule has 1 amide bonds. The number of carbonyl (C=O) groups excluding carboxylic acids is 1. The predicted octanol–water partition coefficient (Wildman–Crippen LogP) is 1.18. The molecule has 1 N–H and O–H groups in total. The van der Waals surface area contributed by atoms with Crippen LogP contribution in [0.15, 0.2) is 18.2 Å². The summed E-state index contributed by atoms with van der Waals surface area (Å²) in [6.45, 7) is 3.13. The number of likely N-dealkylation sites (tertiary alicyclic amines) is 1. The van der Waals surface area contributed by atoms with Crippen molar-refractivity contribution in [1.29, 1.82) is 0 Å². The van der Waals surface area contributed by atoms with Crippen LogP contribution in [0.1, 0.15) is 18.4 Å². The zero-order valence-electron chi connectivity index (χ0n) is 13.8. The number of carbonyl (C=O) groups is 1. The Labute approximate surface area is 136 Å². The molecule has 3 rings (SSSR count). The molecule has 2 aliphatic rings. The number of methoxy groups -OCH3 is 1. The molecule has 23 heavy (non-hydrogen) atoms. The molecule has 6 heteroatoms. The van der Waals surface area contributed by atoms with E-state index in [1.54, 1.807) is 14.2 Å². The Morgan fingerprint density at radius 1 is 1.35 bits per heavy atom. The summed E-state index contributed by atoms with van der Waals surface area (Å²) in [6.07, 6.45) is 1.80. The molecule has 1 saturated heterocycles. The molecule has 2 aliphatic heterocycles. The van der Waals surface area contributed by atoms with Gasteiger partial charge in [0, 0.05) is 20.7 Å². The van der Waals surface area contributed by atoms with E-state index >= 15 is 0 Å². The summed E-state index contributed by atoms with van der Waals surface area (Å²) in [5, 5.41) is 2.79. The molecule has 0 saturated carbocycles. The number of likely N-dealkylation sites (N-methyl/N-ethyl adjacent to an activating group) is 1. The second-order valence-corrected chi connectivity index (χ2v) is 6.05. The van der Waals surface area contributed by atoms with E-state index in [0.29, 0.717) is 26.4 Å². The van der Waals surface area contributed by atoms with E-state index in [2.05, 4.69) is 10.2 Å².